The minimum absolute atomic E-state index is 0.0221. The predicted octanol–water partition coefficient (Wildman–Crippen LogP) is 4.62. The molecule has 0 N–H and O–H groups in total. The summed E-state index contributed by atoms with van der Waals surface area (Å²) < 4.78 is 5.04. The summed E-state index contributed by atoms with van der Waals surface area (Å²) in [4.78, 5) is 12.0. The highest BCUT2D eigenvalue weighted by Crippen LogP contribution is 2.32. The Bertz CT molecular complexity index is 416. The fraction of sp³-hybridized carbons (Fsp3) is 0.462. The van der Waals surface area contributed by atoms with Crippen molar-refractivity contribution < 1.29 is 9.53 Å². The maximum atomic E-state index is 12.0. The van der Waals surface area contributed by atoms with Crippen molar-refractivity contribution in [2.75, 3.05) is 7.11 Å². The number of carbonyl (C=O) groups excluding carboxylic acids is 1. The van der Waals surface area contributed by atoms with E-state index in [1.807, 2.05) is 6.92 Å². The van der Waals surface area contributed by atoms with Crippen molar-refractivity contribution in [3.63, 3.8) is 0 Å². The van der Waals surface area contributed by atoms with E-state index in [2.05, 4.69) is 6.92 Å². The van der Waals surface area contributed by atoms with Crippen LogP contribution >= 0.6 is 23.2 Å². The van der Waals surface area contributed by atoms with E-state index in [1.165, 1.54) is 7.11 Å². The van der Waals surface area contributed by atoms with Gasteiger partial charge in [0.05, 0.1) is 17.2 Å². The van der Waals surface area contributed by atoms with Crippen LogP contribution in [0.5, 0.6) is 5.75 Å². The Labute approximate surface area is 112 Å². The topological polar surface area (TPSA) is 26.3 Å². The van der Waals surface area contributed by atoms with Crippen LogP contribution in [0.15, 0.2) is 12.1 Å². The van der Waals surface area contributed by atoms with Crippen LogP contribution in [0.3, 0.4) is 0 Å². The molecule has 0 spiro atoms. The number of hydrogen-bond acceptors (Lipinski definition) is 2. The number of carbonyl (C=O) groups is 1. The van der Waals surface area contributed by atoms with Crippen LogP contribution in [0.1, 0.15) is 37.0 Å². The van der Waals surface area contributed by atoms with Crippen LogP contribution in [0.25, 0.3) is 0 Å². The summed E-state index contributed by atoms with van der Waals surface area (Å²) in [5.74, 6) is 0.852. The molecule has 1 aromatic carbocycles. The zero-order valence-electron chi connectivity index (χ0n) is 10.2. The standard InChI is InChI=1S/C13H16Cl2O2/c1-4-8(2)5-12(16)9-6-11(15)13(17-3)7-10(9)14/h6-8H,4-5H2,1-3H3. The van der Waals surface area contributed by atoms with Gasteiger partial charge in [0.15, 0.2) is 5.78 Å². The molecule has 0 aliphatic carbocycles. The van der Waals surface area contributed by atoms with Crippen LogP contribution in [-0.4, -0.2) is 12.9 Å². The Morgan fingerprint density at radius 2 is 2.00 bits per heavy atom. The van der Waals surface area contributed by atoms with E-state index in [1.54, 1.807) is 12.1 Å². The van der Waals surface area contributed by atoms with Gasteiger partial charge in [-0.2, -0.15) is 0 Å². The van der Waals surface area contributed by atoms with Gasteiger partial charge in [0.1, 0.15) is 5.75 Å². The average Bonchev–Trinajstić information content (AvgIpc) is 2.31. The van der Waals surface area contributed by atoms with Gasteiger partial charge in [-0.25, -0.2) is 0 Å². The number of methoxy groups -OCH3 is 1. The second-order valence-corrected chi connectivity index (χ2v) is 4.92. The molecule has 17 heavy (non-hydrogen) atoms. The first-order valence-corrected chi connectivity index (χ1v) is 6.31. The minimum Gasteiger partial charge on any atom is -0.495 e. The summed E-state index contributed by atoms with van der Waals surface area (Å²) in [6, 6.07) is 3.15. The lowest BCUT2D eigenvalue weighted by molar-refractivity contribution is 0.0964. The molecule has 0 aromatic heterocycles. The van der Waals surface area contributed by atoms with Crippen molar-refractivity contribution in [3.8, 4) is 5.75 Å². The molecule has 0 heterocycles. The fourth-order valence-corrected chi connectivity index (χ4v) is 1.97. The summed E-state index contributed by atoms with van der Waals surface area (Å²) in [5, 5.41) is 0.795. The highest BCUT2D eigenvalue weighted by atomic mass is 35.5. The maximum Gasteiger partial charge on any atom is 0.164 e. The van der Waals surface area contributed by atoms with E-state index in [-0.39, 0.29) is 5.78 Å². The number of halogens is 2. The van der Waals surface area contributed by atoms with Crippen molar-refractivity contribution in [2.24, 2.45) is 5.92 Å². The molecule has 0 aliphatic rings. The van der Waals surface area contributed by atoms with E-state index in [0.717, 1.165) is 6.42 Å². The summed E-state index contributed by atoms with van der Waals surface area (Å²) >= 11 is 12.0. The molecule has 1 aromatic rings. The van der Waals surface area contributed by atoms with Crippen LogP contribution in [0.4, 0.5) is 0 Å². The SMILES string of the molecule is CCC(C)CC(=O)c1cc(Cl)c(OC)cc1Cl. The highest BCUT2D eigenvalue weighted by Gasteiger charge is 2.16. The molecule has 0 amide bonds. The first kappa shape index (κ1) is 14.3. The first-order chi connectivity index (χ1) is 7.99. The molecule has 1 atom stereocenters. The van der Waals surface area contributed by atoms with E-state index >= 15 is 0 Å². The third-order valence-electron chi connectivity index (χ3n) is 2.77. The molecule has 94 valence electrons. The lowest BCUT2D eigenvalue weighted by atomic mass is 9.98. The highest BCUT2D eigenvalue weighted by molar-refractivity contribution is 6.36. The number of hydrogen-bond donors (Lipinski definition) is 0. The first-order valence-electron chi connectivity index (χ1n) is 5.55. The fourth-order valence-electron chi connectivity index (χ4n) is 1.47. The van der Waals surface area contributed by atoms with Crippen LogP contribution < -0.4 is 4.74 Å². The zero-order valence-corrected chi connectivity index (χ0v) is 11.7. The van der Waals surface area contributed by atoms with Crippen LogP contribution in [0, 0.1) is 5.92 Å². The molecule has 2 nitrogen and oxygen atoms in total. The van der Waals surface area contributed by atoms with Gasteiger partial charge in [-0.05, 0) is 12.0 Å². The number of ketones is 1. The molecule has 0 radical (unpaired) electrons. The van der Waals surface area contributed by atoms with Crippen molar-refractivity contribution in [1.29, 1.82) is 0 Å². The molecule has 0 saturated carbocycles. The van der Waals surface area contributed by atoms with Crippen LogP contribution in [-0.2, 0) is 0 Å². The van der Waals surface area contributed by atoms with Crippen molar-refractivity contribution in [1.82, 2.24) is 0 Å². The molecule has 1 unspecified atom stereocenters. The second-order valence-electron chi connectivity index (χ2n) is 4.11. The summed E-state index contributed by atoms with van der Waals surface area (Å²) in [7, 11) is 1.51. The van der Waals surface area contributed by atoms with Gasteiger partial charge < -0.3 is 4.74 Å². The monoisotopic (exact) mass is 274 g/mol. The van der Waals surface area contributed by atoms with E-state index in [9.17, 15) is 4.79 Å². The molecule has 1 rings (SSSR count). The van der Waals surface area contributed by atoms with Crippen molar-refractivity contribution >= 4 is 29.0 Å². The van der Waals surface area contributed by atoms with E-state index in [4.69, 9.17) is 27.9 Å². The summed E-state index contributed by atoms with van der Waals surface area (Å²) in [6.45, 7) is 4.09. The Morgan fingerprint density at radius 1 is 1.35 bits per heavy atom. The smallest absolute Gasteiger partial charge is 0.164 e. The van der Waals surface area contributed by atoms with Gasteiger partial charge in [-0.3, -0.25) is 4.79 Å². The number of ether oxygens (including phenoxy) is 1. The Kier molecular flexibility index (Phi) is 5.29. The maximum absolute atomic E-state index is 12.0. The Hall–Kier alpha value is -0.730. The quantitative estimate of drug-likeness (QED) is 0.733. The van der Waals surface area contributed by atoms with Gasteiger partial charge >= 0.3 is 0 Å². The van der Waals surface area contributed by atoms with Gasteiger partial charge in [-0.1, -0.05) is 43.5 Å². The molecule has 4 heteroatoms. The number of benzene rings is 1. The summed E-state index contributed by atoms with van der Waals surface area (Å²) in [5.41, 5.74) is 0.470. The normalized spacial score (nSPS) is 12.3. The molecule has 0 fully saturated rings. The van der Waals surface area contributed by atoms with Crippen LogP contribution in [0.2, 0.25) is 10.0 Å². The predicted molar refractivity (Wildman–Crippen MR) is 71.4 cm³/mol. The van der Waals surface area contributed by atoms with Gasteiger partial charge in [0.25, 0.3) is 0 Å². The number of rotatable bonds is 5. The molecular weight excluding hydrogens is 259 g/mol. The second kappa shape index (κ2) is 6.27. The lowest BCUT2D eigenvalue weighted by Gasteiger charge is -2.10. The van der Waals surface area contributed by atoms with E-state index < -0.39 is 0 Å². The lowest BCUT2D eigenvalue weighted by Crippen LogP contribution is -2.06. The Morgan fingerprint density at radius 3 is 2.53 bits per heavy atom. The minimum atomic E-state index is 0.0221. The Balaban J connectivity index is 2.98. The van der Waals surface area contributed by atoms with Gasteiger partial charge in [0, 0.05) is 18.1 Å². The third-order valence-corrected chi connectivity index (χ3v) is 3.38. The van der Waals surface area contributed by atoms with E-state index in [0.29, 0.717) is 33.7 Å². The van der Waals surface area contributed by atoms with Gasteiger partial charge in [0.2, 0.25) is 0 Å². The molecule has 0 saturated heterocycles. The molecule has 0 aliphatic heterocycles. The number of Topliss-reactive ketones (excluding diaryl/α,β-unsaturated/α-hetero) is 1. The average molecular weight is 275 g/mol. The summed E-state index contributed by atoms with van der Waals surface area (Å²) in [6.07, 6.45) is 1.45. The van der Waals surface area contributed by atoms with Gasteiger partial charge in [-0.15, -0.1) is 0 Å². The zero-order chi connectivity index (χ0) is 13.0. The van der Waals surface area contributed by atoms with Crippen molar-refractivity contribution in [2.45, 2.75) is 26.7 Å². The molecular formula is C13H16Cl2O2. The van der Waals surface area contributed by atoms with Crippen molar-refractivity contribution in [3.05, 3.63) is 27.7 Å². The largest absolute Gasteiger partial charge is 0.495 e. The third kappa shape index (κ3) is 3.62. The molecule has 0 bridgehead atoms.